The van der Waals surface area contributed by atoms with Crippen LogP contribution in [0.15, 0.2) is 42.7 Å². The molecule has 0 saturated carbocycles. The molecule has 0 bridgehead atoms. The zero-order valence-corrected chi connectivity index (χ0v) is 13.0. The molecule has 23 heavy (non-hydrogen) atoms. The molecule has 2 unspecified atom stereocenters. The summed E-state index contributed by atoms with van der Waals surface area (Å²) in [5.74, 6) is -0.330. The summed E-state index contributed by atoms with van der Waals surface area (Å²) < 4.78 is 0. The maximum atomic E-state index is 11.0. The van der Waals surface area contributed by atoms with Crippen molar-refractivity contribution in [3.05, 3.63) is 59.7 Å². The number of benzene rings is 1. The molecule has 122 valence electrons. The summed E-state index contributed by atoms with van der Waals surface area (Å²) in [7, 11) is 0. The number of carbonyl (C=O) groups is 1. The second kappa shape index (κ2) is 8.36. The normalized spacial score (nSPS) is 13.5. The molecule has 0 fully saturated rings. The number of carboxylic acid groups (broad SMARTS) is 1. The van der Waals surface area contributed by atoms with Crippen LogP contribution in [0.4, 0.5) is 0 Å². The van der Waals surface area contributed by atoms with Crippen molar-refractivity contribution in [1.29, 1.82) is 0 Å². The first kappa shape index (κ1) is 17.1. The van der Waals surface area contributed by atoms with Crippen molar-refractivity contribution < 1.29 is 15.0 Å². The van der Waals surface area contributed by atoms with E-state index in [0.29, 0.717) is 6.54 Å². The SMILES string of the molecule is CC(O)C(NCc1cnc(CCc2ccccc2)nc1)C(=O)O. The molecule has 1 aromatic carbocycles. The minimum Gasteiger partial charge on any atom is -0.480 e. The van der Waals surface area contributed by atoms with Crippen molar-refractivity contribution in [3.8, 4) is 0 Å². The third kappa shape index (κ3) is 5.43. The Hall–Kier alpha value is -2.31. The molecule has 6 heteroatoms. The van der Waals surface area contributed by atoms with Gasteiger partial charge in [0.05, 0.1) is 6.10 Å². The highest BCUT2D eigenvalue weighted by molar-refractivity contribution is 5.74. The van der Waals surface area contributed by atoms with Crippen LogP contribution in [0, 0.1) is 0 Å². The lowest BCUT2D eigenvalue weighted by Gasteiger charge is -2.16. The first-order chi connectivity index (χ1) is 11.1. The molecule has 0 aliphatic carbocycles. The van der Waals surface area contributed by atoms with E-state index in [-0.39, 0.29) is 0 Å². The van der Waals surface area contributed by atoms with E-state index in [1.54, 1.807) is 12.4 Å². The van der Waals surface area contributed by atoms with Crippen LogP contribution in [-0.4, -0.2) is 38.3 Å². The number of aromatic nitrogens is 2. The van der Waals surface area contributed by atoms with Gasteiger partial charge < -0.3 is 10.2 Å². The van der Waals surface area contributed by atoms with Crippen LogP contribution in [-0.2, 0) is 24.2 Å². The second-order valence-electron chi connectivity index (χ2n) is 5.43. The molecule has 0 amide bonds. The number of hydrogen-bond acceptors (Lipinski definition) is 5. The van der Waals surface area contributed by atoms with E-state index < -0.39 is 18.1 Å². The fraction of sp³-hybridized carbons (Fsp3) is 0.353. The van der Waals surface area contributed by atoms with Gasteiger partial charge in [-0.25, -0.2) is 9.97 Å². The first-order valence-corrected chi connectivity index (χ1v) is 7.54. The smallest absolute Gasteiger partial charge is 0.323 e. The Labute approximate surface area is 135 Å². The lowest BCUT2D eigenvalue weighted by molar-refractivity contribution is -0.142. The van der Waals surface area contributed by atoms with E-state index in [0.717, 1.165) is 24.2 Å². The minimum atomic E-state index is -1.08. The lowest BCUT2D eigenvalue weighted by Crippen LogP contribution is -2.44. The number of nitrogens with zero attached hydrogens (tertiary/aromatic N) is 2. The van der Waals surface area contributed by atoms with Crippen LogP contribution in [0.3, 0.4) is 0 Å². The topological polar surface area (TPSA) is 95.3 Å². The maximum absolute atomic E-state index is 11.0. The van der Waals surface area contributed by atoms with Gasteiger partial charge in [0.1, 0.15) is 11.9 Å². The third-order valence-corrected chi connectivity index (χ3v) is 3.51. The number of aliphatic hydroxyl groups is 1. The monoisotopic (exact) mass is 315 g/mol. The fourth-order valence-corrected chi connectivity index (χ4v) is 2.19. The average molecular weight is 315 g/mol. The number of aliphatic hydroxyl groups excluding tert-OH is 1. The van der Waals surface area contributed by atoms with Crippen LogP contribution < -0.4 is 5.32 Å². The van der Waals surface area contributed by atoms with Crippen molar-refractivity contribution in [2.24, 2.45) is 0 Å². The predicted octanol–water partition coefficient (Wildman–Crippen LogP) is 1.19. The number of hydrogen-bond donors (Lipinski definition) is 3. The second-order valence-corrected chi connectivity index (χ2v) is 5.43. The van der Waals surface area contributed by atoms with Crippen LogP contribution in [0.5, 0.6) is 0 Å². The highest BCUT2D eigenvalue weighted by atomic mass is 16.4. The number of aliphatic carboxylic acids is 1. The van der Waals surface area contributed by atoms with Crippen LogP contribution >= 0.6 is 0 Å². The highest BCUT2D eigenvalue weighted by Gasteiger charge is 2.22. The summed E-state index contributed by atoms with van der Waals surface area (Å²) in [4.78, 5) is 19.6. The minimum absolute atomic E-state index is 0.292. The molecule has 0 radical (unpaired) electrons. The summed E-state index contributed by atoms with van der Waals surface area (Å²) in [5, 5.41) is 21.2. The van der Waals surface area contributed by atoms with Crippen LogP contribution in [0.2, 0.25) is 0 Å². The molecule has 3 N–H and O–H groups in total. The van der Waals surface area contributed by atoms with Gasteiger partial charge in [-0.1, -0.05) is 30.3 Å². The molecular formula is C17H21N3O3. The van der Waals surface area contributed by atoms with Gasteiger partial charge in [0.25, 0.3) is 0 Å². The molecule has 1 heterocycles. The standard InChI is InChI=1S/C17H21N3O3/c1-12(21)16(17(22)23)20-11-14-9-18-15(19-10-14)8-7-13-5-3-2-4-6-13/h2-6,9-10,12,16,20-21H,7-8,11H2,1H3,(H,22,23). The van der Waals surface area contributed by atoms with Crippen molar-refractivity contribution >= 4 is 5.97 Å². The van der Waals surface area contributed by atoms with Gasteiger partial charge in [-0.05, 0) is 18.9 Å². The van der Waals surface area contributed by atoms with Crippen molar-refractivity contribution in [2.75, 3.05) is 0 Å². The number of carboxylic acids is 1. The zero-order valence-electron chi connectivity index (χ0n) is 13.0. The maximum Gasteiger partial charge on any atom is 0.323 e. The molecular weight excluding hydrogens is 294 g/mol. The molecule has 6 nitrogen and oxygen atoms in total. The molecule has 2 aromatic rings. The molecule has 0 saturated heterocycles. The lowest BCUT2D eigenvalue weighted by atomic mass is 10.1. The molecule has 2 atom stereocenters. The number of nitrogens with one attached hydrogen (secondary N) is 1. The Kier molecular flexibility index (Phi) is 6.19. The Morgan fingerprint density at radius 1 is 1.13 bits per heavy atom. The Bertz CT molecular complexity index is 615. The molecule has 0 spiro atoms. The Morgan fingerprint density at radius 3 is 2.35 bits per heavy atom. The van der Waals surface area contributed by atoms with Gasteiger partial charge in [-0.3, -0.25) is 10.1 Å². The number of rotatable bonds is 8. The largest absolute Gasteiger partial charge is 0.480 e. The first-order valence-electron chi connectivity index (χ1n) is 7.54. The van der Waals surface area contributed by atoms with Gasteiger partial charge in [0.2, 0.25) is 0 Å². The van der Waals surface area contributed by atoms with Gasteiger partial charge in [-0.15, -0.1) is 0 Å². The van der Waals surface area contributed by atoms with E-state index >= 15 is 0 Å². The summed E-state index contributed by atoms with van der Waals surface area (Å²) >= 11 is 0. The van der Waals surface area contributed by atoms with Crippen LogP contribution in [0.1, 0.15) is 23.9 Å². The van der Waals surface area contributed by atoms with Crippen molar-refractivity contribution in [3.63, 3.8) is 0 Å². The zero-order chi connectivity index (χ0) is 16.7. The van der Waals surface area contributed by atoms with Gasteiger partial charge in [0.15, 0.2) is 0 Å². The molecule has 0 aliphatic rings. The third-order valence-electron chi connectivity index (χ3n) is 3.51. The van der Waals surface area contributed by atoms with Crippen LogP contribution in [0.25, 0.3) is 0 Å². The van der Waals surface area contributed by atoms with Gasteiger partial charge in [-0.2, -0.15) is 0 Å². The van der Waals surface area contributed by atoms with E-state index in [2.05, 4.69) is 27.4 Å². The van der Waals surface area contributed by atoms with E-state index in [4.69, 9.17) is 5.11 Å². The van der Waals surface area contributed by atoms with E-state index in [1.165, 1.54) is 12.5 Å². The van der Waals surface area contributed by atoms with E-state index in [1.807, 2.05) is 18.2 Å². The summed E-state index contributed by atoms with van der Waals surface area (Å²) in [6.45, 7) is 1.73. The summed E-state index contributed by atoms with van der Waals surface area (Å²) in [6.07, 6.45) is 4.02. The van der Waals surface area contributed by atoms with Crippen molar-refractivity contribution in [2.45, 2.75) is 38.5 Å². The average Bonchev–Trinajstić information content (AvgIpc) is 2.54. The Morgan fingerprint density at radius 2 is 1.78 bits per heavy atom. The van der Waals surface area contributed by atoms with Crippen molar-refractivity contribution in [1.82, 2.24) is 15.3 Å². The number of aryl methyl sites for hydroxylation is 2. The van der Waals surface area contributed by atoms with Gasteiger partial charge >= 0.3 is 5.97 Å². The van der Waals surface area contributed by atoms with E-state index in [9.17, 15) is 9.90 Å². The molecule has 1 aromatic heterocycles. The highest BCUT2D eigenvalue weighted by Crippen LogP contribution is 2.05. The quantitative estimate of drug-likeness (QED) is 0.677. The summed E-state index contributed by atoms with van der Waals surface area (Å²) in [5.41, 5.74) is 2.02. The summed E-state index contributed by atoms with van der Waals surface area (Å²) in [6, 6.07) is 9.13. The predicted molar refractivity (Wildman–Crippen MR) is 85.8 cm³/mol. The Balaban J connectivity index is 1.85. The van der Waals surface area contributed by atoms with Gasteiger partial charge in [0, 0.05) is 30.9 Å². The molecule has 0 aliphatic heterocycles. The fourth-order valence-electron chi connectivity index (χ4n) is 2.19. The molecule has 2 rings (SSSR count).